The van der Waals surface area contributed by atoms with Crippen molar-refractivity contribution in [3.05, 3.63) is 64.5 Å². The van der Waals surface area contributed by atoms with Gasteiger partial charge in [-0.1, -0.05) is 11.6 Å². The van der Waals surface area contributed by atoms with Crippen LogP contribution in [0.2, 0.25) is 4.34 Å². The smallest absolute Gasteiger partial charge is 0.273 e. The van der Waals surface area contributed by atoms with Crippen molar-refractivity contribution >= 4 is 56.2 Å². The third-order valence-electron chi connectivity index (χ3n) is 4.31. The van der Waals surface area contributed by atoms with Crippen LogP contribution in [0.15, 0.2) is 63.8 Å². The number of fused-ring (bicyclic) bond motifs is 1. The Balaban J connectivity index is 1.39. The minimum absolute atomic E-state index is 0.0340. The molecule has 32 heavy (non-hydrogen) atoms. The molecule has 0 saturated heterocycles. The van der Waals surface area contributed by atoms with Crippen LogP contribution in [0.1, 0.15) is 10.4 Å². The monoisotopic (exact) mass is 492 g/mol. The number of carbonyl (C=O) groups is 1. The van der Waals surface area contributed by atoms with Gasteiger partial charge in [-0.3, -0.25) is 9.79 Å². The molecule has 1 aromatic heterocycles. The van der Waals surface area contributed by atoms with Gasteiger partial charge in [0.15, 0.2) is 11.5 Å². The van der Waals surface area contributed by atoms with Gasteiger partial charge < -0.3 is 20.1 Å². The molecule has 2 heterocycles. The number of sulfonamides is 1. The molecule has 0 saturated carbocycles. The number of guanidine groups is 1. The molecule has 166 valence electrons. The fourth-order valence-corrected chi connectivity index (χ4v) is 5.25. The Kier molecular flexibility index (Phi) is 6.21. The van der Waals surface area contributed by atoms with E-state index in [-0.39, 0.29) is 22.9 Å². The van der Waals surface area contributed by atoms with E-state index >= 15 is 0 Å². The van der Waals surface area contributed by atoms with E-state index in [1.54, 1.807) is 42.5 Å². The van der Waals surface area contributed by atoms with Crippen LogP contribution in [0.5, 0.6) is 11.5 Å². The summed E-state index contributed by atoms with van der Waals surface area (Å²) in [6.45, 7) is 0.134. The zero-order chi connectivity index (χ0) is 22.7. The van der Waals surface area contributed by atoms with Crippen LogP contribution in [-0.2, 0) is 10.0 Å². The van der Waals surface area contributed by atoms with E-state index in [1.165, 1.54) is 19.2 Å². The number of nitrogens with one attached hydrogen (secondary N) is 3. The number of carbonyl (C=O) groups excluding carboxylic acids is 1. The Morgan fingerprint density at radius 2 is 1.69 bits per heavy atom. The predicted molar refractivity (Wildman–Crippen MR) is 124 cm³/mol. The highest BCUT2D eigenvalue weighted by Crippen LogP contribution is 2.32. The number of rotatable bonds is 5. The number of anilines is 2. The summed E-state index contributed by atoms with van der Waals surface area (Å²) in [4.78, 5) is 16.4. The number of hydrogen-bond donors (Lipinski definition) is 3. The molecule has 0 unspecified atom stereocenters. The van der Waals surface area contributed by atoms with Gasteiger partial charge in [0.05, 0.1) is 4.34 Å². The molecule has 1 amide bonds. The Bertz CT molecular complexity index is 1290. The quantitative estimate of drug-likeness (QED) is 0.368. The van der Waals surface area contributed by atoms with Gasteiger partial charge in [-0.2, -0.15) is 0 Å². The second kappa shape index (κ2) is 9.07. The number of benzene rings is 2. The minimum atomic E-state index is -3.82. The standard InChI is InChI=1S/C20H17ClN4O5S2/c1-22-20(25-32(27,28)18-9-8-17(21)31-18)24-14-5-3-13(4-6-14)23-19(26)12-2-7-15-16(10-12)30-11-29-15/h2-10H,11H2,1H3,(H,23,26)(H2,22,24,25). The SMILES string of the molecule is CN=C(Nc1ccc(NC(=O)c2ccc3c(c2)OCO3)cc1)NS(=O)(=O)c1ccc(Cl)s1. The largest absolute Gasteiger partial charge is 0.454 e. The number of halogens is 1. The van der Waals surface area contributed by atoms with Crippen molar-refractivity contribution in [1.29, 1.82) is 0 Å². The van der Waals surface area contributed by atoms with Gasteiger partial charge in [0.25, 0.3) is 15.9 Å². The average molecular weight is 493 g/mol. The number of hydrogen-bond acceptors (Lipinski definition) is 7. The van der Waals surface area contributed by atoms with Gasteiger partial charge in [0.1, 0.15) is 4.21 Å². The summed E-state index contributed by atoms with van der Waals surface area (Å²) < 4.78 is 38.2. The highest BCUT2D eigenvalue weighted by Gasteiger charge is 2.19. The van der Waals surface area contributed by atoms with Crippen molar-refractivity contribution in [2.75, 3.05) is 24.5 Å². The van der Waals surface area contributed by atoms with Crippen LogP contribution in [-0.4, -0.2) is 34.1 Å². The van der Waals surface area contributed by atoms with Crippen molar-refractivity contribution in [3.8, 4) is 11.5 Å². The first-order valence-electron chi connectivity index (χ1n) is 9.17. The Morgan fingerprint density at radius 1 is 1.00 bits per heavy atom. The molecule has 0 atom stereocenters. The van der Waals surface area contributed by atoms with Crippen LogP contribution in [0, 0.1) is 0 Å². The molecular formula is C20H17ClN4O5S2. The molecule has 0 radical (unpaired) electrons. The number of aliphatic imine (C=N–C) groups is 1. The van der Waals surface area contributed by atoms with Gasteiger partial charge >= 0.3 is 0 Å². The van der Waals surface area contributed by atoms with E-state index in [0.717, 1.165) is 11.3 Å². The maximum Gasteiger partial charge on any atom is 0.273 e. The molecule has 3 aromatic rings. The fourth-order valence-electron chi connectivity index (χ4n) is 2.76. The lowest BCUT2D eigenvalue weighted by atomic mass is 10.2. The Morgan fingerprint density at radius 3 is 2.34 bits per heavy atom. The molecule has 12 heteroatoms. The van der Waals surface area contributed by atoms with Crippen molar-refractivity contribution in [1.82, 2.24) is 4.72 Å². The number of thiophene rings is 1. The summed E-state index contributed by atoms with van der Waals surface area (Å²) in [7, 11) is -2.36. The number of ether oxygens (including phenoxy) is 2. The summed E-state index contributed by atoms with van der Waals surface area (Å²) in [5, 5.41) is 5.68. The molecule has 0 aliphatic carbocycles. The zero-order valence-electron chi connectivity index (χ0n) is 16.6. The number of nitrogens with zero attached hydrogens (tertiary/aromatic N) is 1. The number of amides is 1. The highest BCUT2D eigenvalue weighted by atomic mass is 35.5. The van der Waals surface area contributed by atoms with E-state index in [2.05, 4.69) is 20.3 Å². The van der Waals surface area contributed by atoms with E-state index in [1.807, 2.05) is 0 Å². The van der Waals surface area contributed by atoms with Crippen molar-refractivity contribution < 1.29 is 22.7 Å². The first-order valence-corrected chi connectivity index (χ1v) is 11.8. The van der Waals surface area contributed by atoms with Crippen molar-refractivity contribution in [2.45, 2.75) is 4.21 Å². The van der Waals surface area contributed by atoms with E-state index in [0.29, 0.717) is 32.8 Å². The van der Waals surface area contributed by atoms with Crippen LogP contribution in [0.3, 0.4) is 0 Å². The topological polar surface area (TPSA) is 118 Å². The normalized spacial score (nSPS) is 13.0. The molecule has 9 nitrogen and oxygen atoms in total. The summed E-state index contributed by atoms with van der Waals surface area (Å²) in [5.74, 6) is 0.855. The van der Waals surface area contributed by atoms with Crippen molar-refractivity contribution in [3.63, 3.8) is 0 Å². The molecule has 3 N–H and O–H groups in total. The van der Waals surface area contributed by atoms with Gasteiger partial charge in [0.2, 0.25) is 12.8 Å². The third kappa shape index (κ3) is 4.96. The summed E-state index contributed by atoms with van der Waals surface area (Å²) >= 11 is 6.76. The van der Waals surface area contributed by atoms with Gasteiger partial charge in [-0.05, 0) is 54.6 Å². The lowest BCUT2D eigenvalue weighted by Crippen LogP contribution is -2.35. The van der Waals surface area contributed by atoms with Crippen molar-refractivity contribution in [2.24, 2.45) is 4.99 Å². The summed E-state index contributed by atoms with van der Waals surface area (Å²) in [5.41, 5.74) is 1.56. The molecule has 0 spiro atoms. The second-order valence-corrected chi connectivity index (χ2v) is 10.1. The van der Waals surface area contributed by atoms with Crippen LogP contribution >= 0.6 is 22.9 Å². The minimum Gasteiger partial charge on any atom is -0.454 e. The molecule has 1 aliphatic rings. The van der Waals surface area contributed by atoms with Crippen LogP contribution < -0.4 is 24.8 Å². The van der Waals surface area contributed by atoms with E-state index < -0.39 is 10.0 Å². The summed E-state index contributed by atoms with van der Waals surface area (Å²) in [6.07, 6.45) is 0. The lowest BCUT2D eigenvalue weighted by molar-refractivity contribution is 0.102. The Labute approximate surface area is 193 Å². The molecule has 1 aliphatic heterocycles. The van der Waals surface area contributed by atoms with E-state index in [4.69, 9.17) is 21.1 Å². The van der Waals surface area contributed by atoms with Gasteiger partial charge in [0, 0.05) is 24.0 Å². The summed E-state index contributed by atoms with van der Waals surface area (Å²) in [6, 6.07) is 14.6. The first kappa shape index (κ1) is 21.9. The van der Waals surface area contributed by atoms with Gasteiger partial charge in [-0.15, -0.1) is 11.3 Å². The molecule has 4 rings (SSSR count). The van der Waals surface area contributed by atoms with Gasteiger partial charge in [-0.25, -0.2) is 13.1 Å². The van der Waals surface area contributed by atoms with Crippen LogP contribution in [0.4, 0.5) is 11.4 Å². The maximum absolute atomic E-state index is 12.5. The van der Waals surface area contributed by atoms with Crippen LogP contribution in [0.25, 0.3) is 0 Å². The Hall–Kier alpha value is -3.28. The van der Waals surface area contributed by atoms with E-state index in [9.17, 15) is 13.2 Å². The molecule has 0 bridgehead atoms. The molecule has 0 fully saturated rings. The fraction of sp³-hybridized carbons (Fsp3) is 0.100. The predicted octanol–water partition coefficient (Wildman–Crippen LogP) is 3.76. The molecule has 2 aromatic carbocycles. The maximum atomic E-state index is 12.5. The zero-order valence-corrected chi connectivity index (χ0v) is 19.0. The highest BCUT2D eigenvalue weighted by molar-refractivity contribution is 7.92. The average Bonchev–Trinajstić information content (AvgIpc) is 3.43. The lowest BCUT2D eigenvalue weighted by Gasteiger charge is -2.12. The third-order valence-corrected chi connectivity index (χ3v) is 7.37. The first-order chi connectivity index (χ1) is 15.3. The second-order valence-electron chi connectivity index (χ2n) is 6.46. The molecular weight excluding hydrogens is 476 g/mol.